The average Bonchev–Trinajstić information content (AvgIpc) is 3.03. The molecule has 0 bridgehead atoms. The molecule has 2 amide bonds. The third kappa shape index (κ3) is 4.20. The number of carbonyl (C=O) groups is 2. The van der Waals surface area contributed by atoms with E-state index in [4.69, 9.17) is 16.6 Å². The zero-order valence-electron chi connectivity index (χ0n) is 18.3. The Bertz CT molecular complexity index is 965. The number of rotatable bonds is 4. The maximum atomic E-state index is 13.3. The zero-order chi connectivity index (χ0) is 22.2. The normalized spacial score (nSPS) is 17.9. The summed E-state index contributed by atoms with van der Waals surface area (Å²) in [7, 11) is 3.58. The van der Waals surface area contributed by atoms with Crippen LogP contribution in [0.4, 0.5) is 0 Å². The number of aromatic nitrogens is 3. The van der Waals surface area contributed by atoms with Gasteiger partial charge >= 0.3 is 0 Å². The molecule has 9 heteroatoms. The minimum atomic E-state index is -0.694. The van der Waals surface area contributed by atoms with Crippen LogP contribution in [0.15, 0.2) is 18.5 Å². The van der Waals surface area contributed by atoms with Crippen molar-refractivity contribution < 1.29 is 9.59 Å². The molecule has 3 heterocycles. The topological polar surface area (TPSA) is 92.1 Å². The monoisotopic (exact) mass is 432 g/mol. The zero-order valence-corrected chi connectivity index (χ0v) is 19.0. The van der Waals surface area contributed by atoms with Crippen LogP contribution in [0.25, 0.3) is 11.4 Å². The minimum Gasteiger partial charge on any atom is -0.357 e. The van der Waals surface area contributed by atoms with E-state index in [-0.39, 0.29) is 17.9 Å². The molecule has 0 aromatic carbocycles. The summed E-state index contributed by atoms with van der Waals surface area (Å²) in [5.74, 6) is 0.0171. The molecule has 1 aliphatic rings. The van der Waals surface area contributed by atoms with Gasteiger partial charge in [-0.1, -0.05) is 32.4 Å². The van der Waals surface area contributed by atoms with Gasteiger partial charge in [0.2, 0.25) is 5.91 Å². The van der Waals surface area contributed by atoms with E-state index >= 15 is 0 Å². The smallest absolute Gasteiger partial charge is 0.272 e. The average molecular weight is 433 g/mol. The number of nitrogens with zero attached hydrogens (tertiary/aromatic N) is 4. The summed E-state index contributed by atoms with van der Waals surface area (Å²) in [6.45, 7) is 9.11. The fourth-order valence-electron chi connectivity index (χ4n) is 3.60. The number of hydrogen-bond donors (Lipinski definition) is 2. The molecule has 30 heavy (non-hydrogen) atoms. The summed E-state index contributed by atoms with van der Waals surface area (Å²) in [4.78, 5) is 36.6. The second-order valence-corrected chi connectivity index (χ2v) is 9.25. The number of hydrogen-bond acceptors (Lipinski definition) is 5. The van der Waals surface area contributed by atoms with Gasteiger partial charge in [0.25, 0.3) is 5.91 Å². The molecule has 1 aliphatic heterocycles. The van der Waals surface area contributed by atoms with Gasteiger partial charge in [-0.3, -0.25) is 19.5 Å². The molecule has 0 spiro atoms. The largest absolute Gasteiger partial charge is 0.357 e. The van der Waals surface area contributed by atoms with E-state index in [1.807, 2.05) is 32.4 Å². The molecule has 0 saturated carbocycles. The van der Waals surface area contributed by atoms with Gasteiger partial charge < -0.3 is 15.2 Å². The van der Waals surface area contributed by atoms with Gasteiger partial charge in [0.05, 0.1) is 10.7 Å². The molecule has 0 fully saturated rings. The second-order valence-electron chi connectivity index (χ2n) is 8.85. The van der Waals surface area contributed by atoms with Crippen LogP contribution in [0.1, 0.15) is 43.9 Å². The number of halogens is 1. The summed E-state index contributed by atoms with van der Waals surface area (Å²) < 4.78 is 2.05. The number of likely N-dealkylation sites (N-methyl/N-ethyl adjacent to an activating group) is 2. The van der Waals surface area contributed by atoms with Gasteiger partial charge in [0, 0.05) is 44.1 Å². The Hall–Kier alpha value is -2.45. The number of carbonyl (C=O) groups excluding carboxylic acids is 2. The van der Waals surface area contributed by atoms with Gasteiger partial charge in [0.1, 0.15) is 11.9 Å². The van der Waals surface area contributed by atoms with Crippen LogP contribution in [-0.2, 0) is 17.9 Å². The van der Waals surface area contributed by atoms with E-state index < -0.39 is 11.5 Å². The van der Waals surface area contributed by atoms with Gasteiger partial charge in [0.15, 0.2) is 5.69 Å². The highest BCUT2D eigenvalue weighted by atomic mass is 35.5. The van der Waals surface area contributed by atoms with Crippen molar-refractivity contribution in [3.05, 3.63) is 34.9 Å². The molecule has 162 valence electrons. The molecule has 2 unspecified atom stereocenters. The van der Waals surface area contributed by atoms with Crippen LogP contribution in [0, 0.1) is 5.41 Å². The lowest BCUT2D eigenvalue weighted by atomic mass is 9.86. The fraction of sp³-hybridized carbons (Fsp3) is 0.524. The maximum absolute atomic E-state index is 13.3. The number of pyridine rings is 1. The second kappa shape index (κ2) is 8.35. The predicted octanol–water partition coefficient (Wildman–Crippen LogP) is 2.32. The Morgan fingerprint density at radius 3 is 2.63 bits per heavy atom. The van der Waals surface area contributed by atoms with Gasteiger partial charge in [-0.25, -0.2) is 4.98 Å². The van der Waals surface area contributed by atoms with E-state index in [0.29, 0.717) is 29.6 Å². The van der Waals surface area contributed by atoms with Crippen molar-refractivity contribution in [2.75, 3.05) is 14.1 Å². The number of nitrogens with one attached hydrogen (secondary N) is 2. The molecular weight excluding hydrogens is 404 g/mol. The minimum absolute atomic E-state index is 0.243. The Balaban J connectivity index is 2.07. The van der Waals surface area contributed by atoms with Crippen LogP contribution in [0.3, 0.4) is 0 Å². The lowest BCUT2D eigenvalue weighted by Gasteiger charge is -2.32. The van der Waals surface area contributed by atoms with Crippen molar-refractivity contribution in [1.29, 1.82) is 0 Å². The van der Waals surface area contributed by atoms with Crippen molar-refractivity contribution in [2.45, 2.75) is 52.9 Å². The highest BCUT2D eigenvalue weighted by Gasteiger charge is 2.35. The van der Waals surface area contributed by atoms with Crippen LogP contribution < -0.4 is 10.6 Å². The summed E-state index contributed by atoms with van der Waals surface area (Å²) in [5.41, 5.74) is 1.38. The van der Waals surface area contributed by atoms with Gasteiger partial charge in [-0.15, -0.1) is 0 Å². The van der Waals surface area contributed by atoms with E-state index in [9.17, 15) is 9.59 Å². The molecule has 2 N–H and O–H groups in total. The van der Waals surface area contributed by atoms with Crippen LogP contribution in [0.5, 0.6) is 0 Å². The predicted molar refractivity (Wildman–Crippen MR) is 116 cm³/mol. The Labute approximate surface area is 182 Å². The number of fused-ring (bicyclic) bond motifs is 1. The summed E-state index contributed by atoms with van der Waals surface area (Å²) in [5, 5.41) is 5.99. The van der Waals surface area contributed by atoms with Crippen molar-refractivity contribution in [3.8, 4) is 11.4 Å². The van der Waals surface area contributed by atoms with Crippen molar-refractivity contribution in [3.63, 3.8) is 0 Å². The van der Waals surface area contributed by atoms with Crippen molar-refractivity contribution >= 4 is 23.4 Å². The lowest BCUT2D eigenvalue weighted by Crippen LogP contribution is -2.53. The first-order valence-electron chi connectivity index (χ1n) is 9.96. The maximum Gasteiger partial charge on any atom is 0.272 e. The third-order valence-electron chi connectivity index (χ3n) is 5.55. The van der Waals surface area contributed by atoms with Crippen molar-refractivity contribution in [1.82, 2.24) is 30.1 Å². The summed E-state index contributed by atoms with van der Waals surface area (Å²) in [6, 6.07) is 1.38. The van der Waals surface area contributed by atoms with Crippen LogP contribution in [0.2, 0.25) is 5.02 Å². The SMILES string of the molecule is CNC(=O)C(NC(=O)c1nc(-c2ccncc2Cl)n2c1CN(C)C(C)C2)C(C)(C)C. The number of amides is 2. The standard InChI is InChI=1S/C21H29ClN6O2/c1-12-10-28-15(11-27(12)6)16(25-18(28)13-7-8-24-9-14(13)22)19(29)26-17(20(30)23-5)21(2,3)4/h7-9,12,17H,10-11H2,1-6H3,(H,23,30)(H,26,29). The first-order chi connectivity index (χ1) is 14.0. The summed E-state index contributed by atoms with van der Waals surface area (Å²) >= 11 is 6.38. The quantitative estimate of drug-likeness (QED) is 0.773. The first kappa shape index (κ1) is 22.2. The summed E-state index contributed by atoms with van der Waals surface area (Å²) in [6.07, 6.45) is 3.22. The molecular formula is C21H29ClN6O2. The van der Waals surface area contributed by atoms with E-state index in [0.717, 1.165) is 11.3 Å². The molecule has 3 rings (SSSR count). The van der Waals surface area contributed by atoms with Crippen LogP contribution in [-0.4, -0.2) is 57.4 Å². The first-order valence-corrected chi connectivity index (χ1v) is 10.3. The van der Waals surface area contributed by atoms with Crippen molar-refractivity contribution in [2.24, 2.45) is 5.41 Å². The molecule has 8 nitrogen and oxygen atoms in total. The molecule has 0 radical (unpaired) electrons. The highest BCUT2D eigenvalue weighted by Crippen LogP contribution is 2.32. The molecule has 2 aromatic rings. The van der Waals surface area contributed by atoms with Gasteiger partial charge in [-0.2, -0.15) is 0 Å². The van der Waals surface area contributed by atoms with E-state index in [2.05, 4.69) is 27.4 Å². The Morgan fingerprint density at radius 1 is 1.33 bits per heavy atom. The van der Waals surface area contributed by atoms with E-state index in [1.54, 1.807) is 25.5 Å². The Kier molecular flexibility index (Phi) is 6.19. The van der Waals surface area contributed by atoms with E-state index in [1.165, 1.54) is 0 Å². The molecule has 2 aromatic heterocycles. The molecule has 2 atom stereocenters. The Morgan fingerprint density at radius 2 is 2.03 bits per heavy atom. The van der Waals surface area contributed by atoms with Crippen LogP contribution >= 0.6 is 11.6 Å². The fourth-order valence-corrected chi connectivity index (χ4v) is 3.81. The highest BCUT2D eigenvalue weighted by molar-refractivity contribution is 6.33. The molecule has 0 aliphatic carbocycles. The molecule has 0 saturated heterocycles. The van der Waals surface area contributed by atoms with Gasteiger partial charge in [-0.05, 0) is 25.5 Å². The third-order valence-corrected chi connectivity index (χ3v) is 5.85. The lowest BCUT2D eigenvalue weighted by molar-refractivity contribution is -0.124. The number of imidazole rings is 1.